The molecule has 2 rings (SSSR count). The van der Waals surface area contributed by atoms with Gasteiger partial charge in [-0.1, -0.05) is 22.0 Å². The number of nitrogens with one attached hydrogen (secondary N) is 1. The van der Waals surface area contributed by atoms with Crippen LogP contribution in [0.15, 0.2) is 22.7 Å². The van der Waals surface area contributed by atoms with Crippen LogP contribution < -0.4 is 5.32 Å². The summed E-state index contributed by atoms with van der Waals surface area (Å²) < 4.78 is 6.09. The molecule has 1 aromatic carbocycles. The quantitative estimate of drug-likeness (QED) is 0.893. The van der Waals surface area contributed by atoms with Crippen molar-refractivity contribution < 1.29 is 19.4 Å². The highest BCUT2D eigenvalue weighted by molar-refractivity contribution is 9.10. The van der Waals surface area contributed by atoms with Crippen LogP contribution in [-0.4, -0.2) is 29.2 Å². The van der Waals surface area contributed by atoms with Crippen molar-refractivity contribution in [3.8, 4) is 0 Å². The van der Waals surface area contributed by atoms with Crippen molar-refractivity contribution in [3.63, 3.8) is 0 Å². The number of amides is 1. The standard InChI is InChI=1S/C13H14BrNO4/c1-7-2-3-8(6-9(7)14)15-12(16)10-4-5-11(19-10)13(17)18/h2-3,6,10-11H,4-5H2,1H3,(H,15,16)(H,17,18). The van der Waals surface area contributed by atoms with Gasteiger partial charge in [-0.3, -0.25) is 4.79 Å². The van der Waals surface area contributed by atoms with Crippen LogP contribution in [0, 0.1) is 6.92 Å². The molecule has 2 unspecified atom stereocenters. The molecule has 1 saturated heterocycles. The first-order chi connectivity index (χ1) is 8.97. The molecule has 6 heteroatoms. The van der Waals surface area contributed by atoms with E-state index in [1.807, 2.05) is 13.0 Å². The van der Waals surface area contributed by atoms with Crippen molar-refractivity contribution in [3.05, 3.63) is 28.2 Å². The summed E-state index contributed by atoms with van der Waals surface area (Å²) in [7, 11) is 0. The highest BCUT2D eigenvalue weighted by atomic mass is 79.9. The third-order valence-electron chi connectivity index (χ3n) is 3.03. The Bertz CT molecular complexity index is 517. The molecule has 1 aliphatic heterocycles. The normalized spacial score (nSPS) is 22.2. The lowest BCUT2D eigenvalue weighted by Crippen LogP contribution is -2.29. The smallest absolute Gasteiger partial charge is 0.332 e. The van der Waals surface area contributed by atoms with E-state index in [9.17, 15) is 9.59 Å². The largest absolute Gasteiger partial charge is 0.479 e. The number of carboxylic acids is 1. The summed E-state index contributed by atoms with van der Waals surface area (Å²) in [6.07, 6.45) is -0.775. The first-order valence-electron chi connectivity index (χ1n) is 5.92. The third kappa shape index (κ3) is 3.33. The van der Waals surface area contributed by atoms with Crippen LogP contribution >= 0.6 is 15.9 Å². The van der Waals surface area contributed by atoms with Crippen LogP contribution in [0.5, 0.6) is 0 Å². The number of halogens is 1. The van der Waals surface area contributed by atoms with E-state index in [0.29, 0.717) is 18.5 Å². The molecular formula is C13H14BrNO4. The first-order valence-corrected chi connectivity index (χ1v) is 6.72. The number of hydrogen-bond donors (Lipinski definition) is 2. The summed E-state index contributed by atoms with van der Waals surface area (Å²) in [6, 6.07) is 5.48. The Morgan fingerprint density at radius 2 is 2.05 bits per heavy atom. The second-order valence-corrected chi connectivity index (χ2v) is 5.34. The summed E-state index contributed by atoms with van der Waals surface area (Å²) in [5, 5.41) is 11.5. The average Bonchev–Trinajstić information content (AvgIpc) is 2.83. The maximum atomic E-state index is 11.9. The van der Waals surface area contributed by atoms with Gasteiger partial charge >= 0.3 is 5.97 Å². The number of rotatable bonds is 3. The van der Waals surface area contributed by atoms with Crippen LogP contribution in [0.4, 0.5) is 5.69 Å². The molecule has 1 heterocycles. The van der Waals surface area contributed by atoms with Crippen LogP contribution in [0.3, 0.4) is 0 Å². The summed E-state index contributed by atoms with van der Waals surface area (Å²) in [5.74, 6) is -1.33. The number of benzene rings is 1. The van der Waals surface area contributed by atoms with Crippen molar-refractivity contribution in [2.75, 3.05) is 5.32 Å². The molecule has 0 aromatic heterocycles. The van der Waals surface area contributed by atoms with E-state index in [4.69, 9.17) is 9.84 Å². The Hall–Kier alpha value is -1.40. The molecule has 0 aliphatic carbocycles. The maximum Gasteiger partial charge on any atom is 0.332 e. The van der Waals surface area contributed by atoms with Crippen LogP contribution in [0.2, 0.25) is 0 Å². The Balaban J connectivity index is 1.98. The van der Waals surface area contributed by atoms with Gasteiger partial charge in [-0.2, -0.15) is 0 Å². The Morgan fingerprint density at radius 1 is 1.37 bits per heavy atom. The van der Waals surface area contributed by atoms with Crippen molar-refractivity contribution >= 4 is 33.5 Å². The molecule has 102 valence electrons. The average molecular weight is 328 g/mol. The van der Waals surface area contributed by atoms with Crippen LogP contribution in [0.25, 0.3) is 0 Å². The lowest BCUT2D eigenvalue weighted by molar-refractivity contribution is -0.150. The van der Waals surface area contributed by atoms with Crippen molar-refractivity contribution in [2.24, 2.45) is 0 Å². The van der Waals surface area contributed by atoms with E-state index >= 15 is 0 Å². The minimum absolute atomic E-state index is 0.306. The fourth-order valence-corrected chi connectivity index (χ4v) is 2.28. The molecule has 1 aromatic rings. The topological polar surface area (TPSA) is 75.6 Å². The molecule has 19 heavy (non-hydrogen) atoms. The number of aryl methyl sites for hydroxylation is 1. The van der Waals surface area contributed by atoms with E-state index in [0.717, 1.165) is 10.0 Å². The molecule has 0 radical (unpaired) electrons. The van der Waals surface area contributed by atoms with Gasteiger partial charge in [-0.15, -0.1) is 0 Å². The minimum Gasteiger partial charge on any atom is -0.479 e. The predicted octanol–water partition coefficient (Wildman–Crippen LogP) is 2.33. The summed E-state index contributed by atoms with van der Waals surface area (Å²) >= 11 is 3.39. The molecule has 5 nitrogen and oxygen atoms in total. The van der Waals surface area contributed by atoms with Gasteiger partial charge in [0, 0.05) is 10.2 Å². The Labute approximate surface area is 119 Å². The lowest BCUT2D eigenvalue weighted by Gasteiger charge is -2.12. The highest BCUT2D eigenvalue weighted by Crippen LogP contribution is 2.23. The van der Waals surface area contributed by atoms with Gasteiger partial charge in [0.1, 0.15) is 6.10 Å². The van der Waals surface area contributed by atoms with E-state index < -0.39 is 18.2 Å². The number of aliphatic carboxylic acids is 1. The van der Waals surface area contributed by atoms with Gasteiger partial charge < -0.3 is 15.2 Å². The first kappa shape index (κ1) is 14.0. The molecular weight excluding hydrogens is 314 g/mol. The van der Waals surface area contributed by atoms with Crippen molar-refractivity contribution in [2.45, 2.75) is 32.0 Å². The molecule has 2 atom stereocenters. The van der Waals surface area contributed by atoms with Crippen molar-refractivity contribution in [1.29, 1.82) is 0 Å². The van der Waals surface area contributed by atoms with E-state index in [1.54, 1.807) is 12.1 Å². The van der Waals surface area contributed by atoms with Gasteiger partial charge in [-0.05, 0) is 37.5 Å². The lowest BCUT2D eigenvalue weighted by atomic mass is 10.2. The van der Waals surface area contributed by atoms with Gasteiger partial charge in [0.2, 0.25) is 0 Å². The number of anilines is 1. The van der Waals surface area contributed by atoms with E-state index in [1.165, 1.54) is 0 Å². The van der Waals surface area contributed by atoms with Gasteiger partial charge in [0.25, 0.3) is 5.91 Å². The molecule has 0 bridgehead atoms. The van der Waals surface area contributed by atoms with E-state index in [-0.39, 0.29) is 5.91 Å². The molecule has 1 amide bonds. The second kappa shape index (κ2) is 5.71. The number of ether oxygens (including phenoxy) is 1. The van der Waals surface area contributed by atoms with Gasteiger partial charge in [0.05, 0.1) is 0 Å². The molecule has 1 fully saturated rings. The SMILES string of the molecule is Cc1ccc(NC(=O)C2CCC(C(=O)O)O2)cc1Br. The van der Waals surface area contributed by atoms with Crippen molar-refractivity contribution in [1.82, 2.24) is 0 Å². The molecule has 2 N–H and O–H groups in total. The summed E-state index contributed by atoms with van der Waals surface area (Å²) in [5.41, 5.74) is 1.73. The van der Waals surface area contributed by atoms with Gasteiger partial charge in [-0.25, -0.2) is 4.79 Å². The highest BCUT2D eigenvalue weighted by Gasteiger charge is 2.34. The number of carboxylic acid groups (broad SMARTS) is 1. The molecule has 1 aliphatic rings. The molecule has 0 saturated carbocycles. The van der Waals surface area contributed by atoms with Gasteiger partial charge in [0.15, 0.2) is 6.10 Å². The maximum absolute atomic E-state index is 11.9. The summed E-state index contributed by atoms with van der Waals surface area (Å²) in [4.78, 5) is 22.7. The Kier molecular flexibility index (Phi) is 4.21. The number of carbonyl (C=O) groups is 2. The van der Waals surface area contributed by atoms with Crippen LogP contribution in [0.1, 0.15) is 18.4 Å². The fraction of sp³-hybridized carbons (Fsp3) is 0.385. The Morgan fingerprint density at radius 3 is 2.63 bits per heavy atom. The third-order valence-corrected chi connectivity index (χ3v) is 3.88. The monoisotopic (exact) mass is 327 g/mol. The number of hydrogen-bond acceptors (Lipinski definition) is 3. The minimum atomic E-state index is -1.02. The van der Waals surface area contributed by atoms with E-state index in [2.05, 4.69) is 21.2 Å². The zero-order valence-corrected chi connectivity index (χ0v) is 11.9. The molecule has 0 spiro atoms. The van der Waals surface area contributed by atoms with Crippen LogP contribution in [-0.2, 0) is 14.3 Å². The second-order valence-electron chi connectivity index (χ2n) is 4.48. The number of carbonyl (C=O) groups excluding carboxylic acids is 1. The summed E-state index contributed by atoms with van der Waals surface area (Å²) in [6.45, 7) is 1.95. The zero-order valence-electron chi connectivity index (χ0n) is 10.4. The zero-order chi connectivity index (χ0) is 14.0. The predicted molar refractivity (Wildman–Crippen MR) is 73.0 cm³/mol. The fourth-order valence-electron chi connectivity index (χ4n) is 1.91.